The number of hydrogen-bond donors (Lipinski definition) is 6. The third kappa shape index (κ3) is 6.24. The van der Waals surface area contributed by atoms with Crippen molar-refractivity contribution in [1.29, 1.82) is 0 Å². The lowest BCUT2D eigenvalue weighted by atomic mass is 10.6. The van der Waals surface area contributed by atoms with E-state index in [2.05, 4.69) is 41.7 Å². The van der Waals surface area contributed by atoms with Crippen molar-refractivity contribution >= 4 is 53.0 Å². The zero-order valence-electron chi connectivity index (χ0n) is 16.8. The molecule has 0 spiro atoms. The summed E-state index contributed by atoms with van der Waals surface area (Å²) in [6.07, 6.45) is 0. The SMILES string of the molecule is Nc1nnc(S(=O)(=O)N2CNCCNCN(S(=O)(=O)c3nnc(N)s3)CNCCNC2)s1. The predicted octanol–water partition coefficient (Wildman–Crippen LogP) is -3.56. The Labute approximate surface area is 192 Å². The molecule has 1 aliphatic heterocycles. The van der Waals surface area contributed by atoms with Gasteiger partial charge in [0.1, 0.15) is 0 Å². The third-order valence-electron chi connectivity index (χ3n) is 4.08. The maximum absolute atomic E-state index is 12.8. The largest absolute Gasteiger partial charge is 0.374 e. The van der Waals surface area contributed by atoms with Crippen LogP contribution >= 0.6 is 22.7 Å². The molecule has 180 valence electrons. The average molecular weight is 529 g/mol. The lowest BCUT2D eigenvalue weighted by molar-refractivity contribution is 0.324. The number of nitrogen functional groups attached to an aromatic ring is 2. The van der Waals surface area contributed by atoms with Crippen LogP contribution in [0.15, 0.2) is 8.68 Å². The number of nitrogens with one attached hydrogen (secondary N) is 4. The molecule has 32 heavy (non-hydrogen) atoms. The van der Waals surface area contributed by atoms with Crippen LogP contribution < -0.4 is 32.7 Å². The molecule has 0 saturated carbocycles. The average Bonchev–Trinajstić information content (AvgIpc) is 3.38. The molecule has 0 aliphatic carbocycles. The zero-order chi connectivity index (χ0) is 23.2. The van der Waals surface area contributed by atoms with Gasteiger partial charge in [-0.05, 0) is 0 Å². The quantitative estimate of drug-likeness (QED) is 0.226. The normalized spacial score (nSPS) is 19.5. The van der Waals surface area contributed by atoms with Crippen molar-refractivity contribution < 1.29 is 16.8 Å². The molecule has 2 aromatic heterocycles. The Bertz CT molecular complexity index is 985. The molecule has 3 heterocycles. The molecule has 0 unspecified atom stereocenters. The van der Waals surface area contributed by atoms with E-state index in [9.17, 15) is 16.8 Å². The van der Waals surface area contributed by atoms with E-state index in [1.54, 1.807) is 0 Å². The van der Waals surface area contributed by atoms with Crippen molar-refractivity contribution in [2.75, 3.05) is 64.3 Å². The van der Waals surface area contributed by atoms with Crippen LogP contribution in [0.2, 0.25) is 0 Å². The molecule has 0 amide bonds. The van der Waals surface area contributed by atoms with E-state index >= 15 is 0 Å². The van der Waals surface area contributed by atoms with E-state index < -0.39 is 20.0 Å². The van der Waals surface area contributed by atoms with Crippen LogP contribution in [0.5, 0.6) is 0 Å². The third-order valence-corrected chi connectivity index (χ3v) is 9.85. The van der Waals surface area contributed by atoms with Gasteiger partial charge in [-0.25, -0.2) is 16.8 Å². The van der Waals surface area contributed by atoms with Gasteiger partial charge in [0.15, 0.2) is 0 Å². The first-order chi connectivity index (χ1) is 15.2. The molecule has 1 aliphatic rings. The molecular weight excluding hydrogens is 504 g/mol. The van der Waals surface area contributed by atoms with E-state index in [4.69, 9.17) is 11.5 Å². The van der Waals surface area contributed by atoms with Crippen molar-refractivity contribution in [2.24, 2.45) is 0 Å². The summed E-state index contributed by atoms with van der Waals surface area (Å²) >= 11 is 1.58. The molecular formula is C12H24N12O4S4. The second kappa shape index (κ2) is 11.0. The Balaban J connectivity index is 1.62. The molecule has 0 bridgehead atoms. The maximum Gasteiger partial charge on any atom is 0.274 e. The number of aromatic nitrogens is 4. The van der Waals surface area contributed by atoms with Gasteiger partial charge in [-0.1, -0.05) is 22.7 Å². The van der Waals surface area contributed by atoms with Crippen LogP contribution in [-0.4, -0.2) is 98.7 Å². The summed E-state index contributed by atoms with van der Waals surface area (Å²) in [7, 11) is -7.76. The highest BCUT2D eigenvalue weighted by Crippen LogP contribution is 2.21. The molecule has 0 atom stereocenters. The van der Waals surface area contributed by atoms with Gasteiger partial charge in [0, 0.05) is 26.2 Å². The van der Waals surface area contributed by atoms with Gasteiger partial charge >= 0.3 is 0 Å². The van der Waals surface area contributed by atoms with Crippen LogP contribution in [0.1, 0.15) is 0 Å². The Morgan fingerprint density at radius 1 is 0.625 bits per heavy atom. The second-order valence-corrected chi connectivity index (χ2v) is 12.6. The summed E-state index contributed by atoms with van der Waals surface area (Å²) in [5.74, 6) is 0. The number of sulfonamides is 2. The first-order valence-electron chi connectivity index (χ1n) is 9.22. The summed E-state index contributed by atoms with van der Waals surface area (Å²) in [5, 5.41) is 26.6. The van der Waals surface area contributed by atoms with Gasteiger partial charge in [0.25, 0.3) is 20.0 Å². The topological polar surface area (TPSA) is 226 Å². The number of nitrogens with zero attached hydrogens (tertiary/aromatic N) is 6. The van der Waals surface area contributed by atoms with Crippen molar-refractivity contribution in [2.45, 2.75) is 8.68 Å². The number of anilines is 2. The summed E-state index contributed by atoms with van der Waals surface area (Å²) in [6, 6.07) is 0. The summed E-state index contributed by atoms with van der Waals surface area (Å²) < 4.78 is 53.2. The van der Waals surface area contributed by atoms with Gasteiger partial charge in [-0.2, -0.15) is 8.61 Å². The minimum Gasteiger partial charge on any atom is -0.374 e. The van der Waals surface area contributed by atoms with Crippen molar-refractivity contribution in [1.82, 2.24) is 50.3 Å². The Morgan fingerprint density at radius 2 is 0.938 bits per heavy atom. The first kappa shape index (κ1) is 25.0. The highest BCUT2D eigenvalue weighted by molar-refractivity contribution is 7.91. The lowest BCUT2D eigenvalue weighted by Crippen LogP contribution is -2.49. The van der Waals surface area contributed by atoms with Gasteiger partial charge in [-0.15, -0.1) is 20.4 Å². The summed E-state index contributed by atoms with van der Waals surface area (Å²) in [4.78, 5) is 0. The van der Waals surface area contributed by atoms with Crippen molar-refractivity contribution in [3.8, 4) is 0 Å². The smallest absolute Gasteiger partial charge is 0.274 e. The zero-order valence-corrected chi connectivity index (χ0v) is 20.0. The van der Waals surface area contributed by atoms with Gasteiger partial charge in [-0.3, -0.25) is 0 Å². The molecule has 0 aromatic carbocycles. The highest BCUT2D eigenvalue weighted by atomic mass is 32.3. The molecule has 1 fully saturated rings. The van der Waals surface area contributed by atoms with Gasteiger partial charge in [0.05, 0.1) is 26.7 Å². The molecule has 3 rings (SSSR count). The highest BCUT2D eigenvalue weighted by Gasteiger charge is 2.29. The lowest BCUT2D eigenvalue weighted by Gasteiger charge is -2.24. The Hall–Kier alpha value is -1.62. The molecule has 2 aromatic rings. The first-order valence-corrected chi connectivity index (χ1v) is 13.7. The van der Waals surface area contributed by atoms with Crippen LogP contribution in [0, 0.1) is 0 Å². The van der Waals surface area contributed by atoms with Crippen LogP contribution in [0.4, 0.5) is 10.3 Å². The fourth-order valence-corrected chi connectivity index (χ4v) is 6.94. The molecule has 1 saturated heterocycles. The minimum atomic E-state index is -3.88. The number of hydrogen-bond acceptors (Lipinski definition) is 16. The number of rotatable bonds is 4. The molecule has 0 radical (unpaired) electrons. The van der Waals surface area contributed by atoms with Crippen LogP contribution in [0.3, 0.4) is 0 Å². The van der Waals surface area contributed by atoms with E-state index in [1.807, 2.05) is 0 Å². The van der Waals surface area contributed by atoms with Gasteiger partial charge in [0.2, 0.25) is 18.9 Å². The minimum absolute atomic E-state index is 0.00992. The fourth-order valence-electron chi connectivity index (χ4n) is 2.49. The molecule has 8 N–H and O–H groups in total. The standard InChI is InChI=1S/C12H24N12O4S4/c13-9-19-21-11(29-9)31(25,26)23-5-15-1-2-16-6-24(8-18-4-3-17-7-23)32(27,28)12-22-20-10(14)30-12/h15-18H,1-8H2,(H2,13,19)(H2,14,20). The van der Waals surface area contributed by atoms with Crippen LogP contribution in [-0.2, 0) is 20.0 Å². The summed E-state index contributed by atoms with van der Waals surface area (Å²) in [6.45, 7) is 1.53. The maximum atomic E-state index is 12.8. The van der Waals surface area contributed by atoms with Crippen molar-refractivity contribution in [3.63, 3.8) is 0 Å². The van der Waals surface area contributed by atoms with E-state index in [0.29, 0.717) is 26.2 Å². The van der Waals surface area contributed by atoms with E-state index in [0.717, 1.165) is 22.7 Å². The van der Waals surface area contributed by atoms with E-state index in [-0.39, 0.29) is 45.6 Å². The molecule has 16 nitrogen and oxygen atoms in total. The molecule has 20 heteroatoms. The van der Waals surface area contributed by atoms with Gasteiger partial charge < -0.3 is 32.7 Å². The van der Waals surface area contributed by atoms with Crippen LogP contribution in [0.25, 0.3) is 0 Å². The Morgan fingerprint density at radius 3 is 1.19 bits per heavy atom. The monoisotopic (exact) mass is 528 g/mol. The summed E-state index contributed by atoms with van der Waals surface area (Å²) in [5.41, 5.74) is 11.0. The van der Waals surface area contributed by atoms with Crippen molar-refractivity contribution in [3.05, 3.63) is 0 Å². The number of nitrogens with two attached hydrogens (primary N) is 2. The second-order valence-electron chi connectivity index (χ2n) is 6.36. The fraction of sp³-hybridized carbons (Fsp3) is 0.667. The Kier molecular flexibility index (Phi) is 8.60. The predicted molar refractivity (Wildman–Crippen MR) is 118 cm³/mol. The van der Waals surface area contributed by atoms with E-state index in [1.165, 1.54) is 8.61 Å².